The van der Waals surface area contributed by atoms with Gasteiger partial charge in [0.25, 0.3) is 0 Å². The fourth-order valence-electron chi connectivity index (χ4n) is 3.33. The SMILES string of the molecule is Nc1ccc(CCCOC(=O)/C=C/c2ccc(OC(F)(F)c3ccc(OCCCF)cc3)cc2)c(N)c1. The molecule has 0 amide bonds. The summed E-state index contributed by atoms with van der Waals surface area (Å²) in [4.78, 5) is 11.9. The normalized spacial score (nSPS) is 11.4. The summed E-state index contributed by atoms with van der Waals surface area (Å²) in [6.07, 6.45) is 0.684. The fraction of sp³-hybridized carbons (Fsp3) is 0.250. The zero-order chi connectivity index (χ0) is 26.7. The van der Waals surface area contributed by atoms with Crippen molar-refractivity contribution in [1.29, 1.82) is 0 Å². The average Bonchev–Trinajstić information content (AvgIpc) is 2.87. The smallest absolute Gasteiger partial charge is 0.426 e. The number of halogens is 3. The second-order valence-electron chi connectivity index (χ2n) is 8.17. The van der Waals surface area contributed by atoms with E-state index in [-0.39, 0.29) is 30.9 Å². The van der Waals surface area contributed by atoms with Crippen molar-refractivity contribution in [2.45, 2.75) is 25.4 Å². The number of ether oxygens (including phenoxy) is 3. The van der Waals surface area contributed by atoms with Gasteiger partial charge in [0.2, 0.25) is 0 Å². The molecule has 6 nitrogen and oxygen atoms in total. The molecular weight excluding hydrogens is 485 g/mol. The molecule has 0 radical (unpaired) electrons. The number of esters is 1. The number of nitrogens with two attached hydrogens (primary N) is 2. The maximum absolute atomic E-state index is 14.5. The molecule has 0 aromatic heterocycles. The van der Waals surface area contributed by atoms with Crippen molar-refractivity contribution >= 4 is 23.4 Å². The van der Waals surface area contributed by atoms with Crippen LogP contribution in [0, 0.1) is 0 Å². The first-order valence-corrected chi connectivity index (χ1v) is 11.7. The molecule has 37 heavy (non-hydrogen) atoms. The monoisotopic (exact) mass is 514 g/mol. The first-order valence-electron chi connectivity index (χ1n) is 11.7. The van der Waals surface area contributed by atoms with Crippen molar-refractivity contribution in [2.24, 2.45) is 0 Å². The molecule has 0 atom stereocenters. The largest absolute Gasteiger partial charge is 0.494 e. The second-order valence-corrected chi connectivity index (χ2v) is 8.17. The van der Waals surface area contributed by atoms with Crippen LogP contribution < -0.4 is 20.9 Å². The van der Waals surface area contributed by atoms with Gasteiger partial charge < -0.3 is 25.7 Å². The Balaban J connectivity index is 1.45. The van der Waals surface area contributed by atoms with E-state index in [1.165, 1.54) is 48.6 Å². The number of alkyl halides is 3. The van der Waals surface area contributed by atoms with Gasteiger partial charge in [-0.3, -0.25) is 4.39 Å². The van der Waals surface area contributed by atoms with E-state index in [4.69, 9.17) is 25.7 Å². The van der Waals surface area contributed by atoms with Crippen LogP contribution in [0.25, 0.3) is 6.08 Å². The van der Waals surface area contributed by atoms with Crippen LogP contribution in [0.2, 0.25) is 0 Å². The second kappa shape index (κ2) is 13.2. The van der Waals surface area contributed by atoms with Crippen LogP contribution in [-0.4, -0.2) is 25.9 Å². The number of hydrogen-bond acceptors (Lipinski definition) is 6. The highest BCUT2D eigenvalue weighted by Gasteiger charge is 2.34. The predicted molar refractivity (Wildman–Crippen MR) is 137 cm³/mol. The molecule has 0 saturated carbocycles. The molecule has 196 valence electrons. The minimum absolute atomic E-state index is 0.0464. The van der Waals surface area contributed by atoms with Gasteiger partial charge in [0.1, 0.15) is 11.5 Å². The molecule has 0 spiro atoms. The van der Waals surface area contributed by atoms with Crippen molar-refractivity contribution in [1.82, 2.24) is 0 Å². The van der Waals surface area contributed by atoms with Crippen molar-refractivity contribution in [3.63, 3.8) is 0 Å². The third-order valence-corrected chi connectivity index (χ3v) is 5.28. The number of hydrogen-bond donors (Lipinski definition) is 2. The lowest BCUT2D eigenvalue weighted by molar-refractivity contribution is -0.185. The van der Waals surface area contributed by atoms with E-state index in [9.17, 15) is 18.0 Å². The lowest BCUT2D eigenvalue weighted by atomic mass is 10.1. The zero-order valence-corrected chi connectivity index (χ0v) is 20.2. The van der Waals surface area contributed by atoms with E-state index in [2.05, 4.69) is 0 Å². The molecule has 0 fully saturated rings. The van der Waals surface area contributed by atoms with Gasteiger partial charge in [0, 0.05) is 23.9 Å². The first-order chi connectivity index (χ1) is 17.8. The zero-order valence-electron chi connectivity index (χ0n) is 20.2. The van der Waals surface area contributed by atoms with Crippen molar-refractivity contribution in [3.8, 4) is 11.5 Å². The van der Waals surface area contributed by atoms with Crippen molar-refractivity contribution < 1.29 is 32.2 Å². The van der Waals surface area contributed by atoms with E-state index < -0.39 is 18.8 Å². The lowest BCUT2D eigenvalue weighted by Gasteiger charge is -2.18. The number of nitrogen functional groups attached to an aromatic ring is 2. The van der Waals surface area contributed by atoms with Gasteiger partial charge in [-0.05, 0) is 78.6 Å². The van der Waals surface area contributed by atoms with Crippen LogP contribution in [0.15, 0.2) is 72.8 Å². The summed E-state index contributed by atoms with van der Waals surface area (Å²) in [5.41, 5.74) is 14.0. The summed E-state index contributed by atoms with van der Waals surface area (Å²) in [5.74, 6) is -0.196. The Kier molecular flexibility index (Phi) is 9.83. The summed E-state index contributed by atoms with van der Waals surface area (Å²) in [7, 11) is 0. The van der Waals surface area contributed by atoms with Crippen molar-refractivity contribution in [2.75, 3.05) is 31.4 Å². The number of rotatable bonds is 13. The van der Waals surface area contributed by atoms with E-state index in [1.54, 1.807) is 24.3 Å². The predicted octanol–water partition coefficient (Wildman–Crippen LogP) is 5.91. The van der Waals surface area contributed by atoms with Gasteiger partial charge >= 0.3 is 12.1 Å². The lowest BCUT2D eigenvalue weighted by Crippen LogP contribution is -2.21. The Labute approximate surface area is 213 Å². The molecule has 4 N–H and O–H groups in total. The summed E-state index contributed by atoms with van der Waals surface area (Å²) < 4.78 is 56.5. The highest BCUT2D eigenvalue weighted by Crippen LogP contribution is 2.32. The molecule has 0 unspecified atom stereocenters. The minimum atomic E-state index is -3.57. The summed E-state index contributed by atoms with van der Waals surface area (Å²) in [6, 6.07) is 16.3. The average molecular weight is 515 g/mol. The van der Waals surface area contributed by atoms with Gasteiger partial charge in [-0.25, -0.2) is 4.79 Å². The molecule has 9 heteroatoms. The highest BCUT2D eigenvalue weighted by molar-refractivity contribution is 5.87. The van der Waals surface area contributed by atoms with Gasteiger partial charge in [-0.2, -0.15) is 8.78 Å². The number of benzene rings is 3. The van der Waals surface area contributed by atoms with Gasteiger partial charge in [0.05, 0.1) is 25.5 Å². The van der Waals surface area contributed by atoms with Crippen LogP contribution in [0.3, 0.4) is 0 Å². The van der Waals surface area contributed by atoms with Crippen LogP contribution in [0.4, 0.5) is 24.5 Å². The highest BCUT2D eigenvalue weighted by atomic mass is 19.3. The van der Waals surface area contributed by atoms with Crippen LogP contribution >= 0.6 is 0 Å². The van der Waals surface area contributed by atoms with Gasteiger partial charge in [-0.1, -0.05) is 18.2 Å². The Bertz CT molecular complexity index is 1180. The third-order valence-electron chi connectivity index (χ3n) is 5.28. The Morgan fingerprint density at radius 3 is 2.27 bits per heavy atom. The van der Waals surface area contributed by atoms with Crippen molar-refractivity contribution in [3.05, 3.63) is 89.5 Å². The molecule has 0 heterocycles. The number of aryl methyl sites for hydroxylation is 1. The molecular formula is C28H29F3N2O4. The Morgan fingerprint density at radius 2 is 1.59 bits per heavy atom. The van der Waals surface area contributed by atoms with Crippen LogP contribution in [-0.2, 0) is 22.1 Å². The number of anilines is 2. The Morgan fingerprint density at radius 1 is 0.892 bits per heavy atom. The molecule has 3 aromatic rings. The number of carbonyl (C=O) groups excluding carboxylic acids is 1. The topological polar surface area (TPSA) is 96.8 Å². The van der Waals surface area contributed by atoms with E-state index >= 15 is 0 Å². The molecule has 3 rings (SSSR count). The van der Waals surface area contributed by atoms with Crippen LogP contribution in [0.1, 0.15) is 29.5 Å². The molecule has 0 aliphatic carbocycles. The van der Waals surface area contributed by atoms with E-state index in [1.807, 2.05) is 6.07 Å². The molecule has 0 saturated heterocycles. The molecule has 0 bridgehead atoms. The Hall–Kier alpha value is -4.14. The van der Waals surface area contributed by atoms with Gasteiger partial charge in [0.15, 0.2) is 0 Å². The summed E-state index contributed by atoms with van der Waals surface area (Å²) in [5, 5.41) is 0. The van der Waals surface area contributed by atoms with Crippen LogP contribution in [0.5, 0.6) is 11.5 Å². The molecule has 0 aliphatic rings. The molecule has 0 aliphatic heterocycles. The standard InChI is InChI=1S/C28H29F3N2O4/c29-16-2-18-35-24-13-8-22(9-14-24)28(30,31)37-25-11-4-20(5-12-25)6-15-27(34)36-17-1-3-21-7-10-23(32)19-26(21)33/h4-15,19H,1-3,16-18,32-33H2/b15-6+. The quantitative estimate of drug-likeness (QED) is 0.127. The summed E-state index contributed by atoms with van der Waals surface area (Å²) >= 11 is 0. The number of carbonyl (C=O) groups is 1. The third kappa shape index (κ3) is 8.79. The van der Waals surface area contributed by atoms with Gasteiger partial charge in [-0.15, -0.1) is 0 Å². The first kappa shape index (κ1) is 27.4. The minimum Gasteiger partial charge on any atom is -0.494 e. The maximum atomic E-state index is 14.5. The van der Waals surface area contributed by atoms with E-state index in [0.717, 1.165) is 5.56 Å². The maximum Gasteiger partial charge on any atom is 0.426 e. The van der Waals surface area contributed by atoms with E-state index in [0.29, 0.717) is 35.5 Å². The molecule has 3 aromatic carbocycles. The fourth-order valence-corrected chi connectivity index (χ4v) is 3.33. The summed E-state index contributed by atoms with van der Waals surface area (Å²) in [6.45, 7) is -0.119.